The summed E-state index contributed by atoms with van der Waals surface area (Å²) in [5.41, 5.74) is 0.591. The highest BCUT2D eigenvalue weighted by molar-refractivity contribution is 7.17. The summed E-state index contributed by atoms with van der Waals surface area (Å²) in [5.74, 6) is 0.305. The Balaban J connectivity index is 1.97. The number of imidazole rings is 1. The highest BCUT2D eigenvalue weighted by Gasteiger charge is 2.26. The highest BCUT2D eigenvalue weighted by Crippen LogP contribution is 2.34. The van der Waals surface area contributed by atoms with E-state index < -0.39 is 0 Å². The number of piperidine rings is 1. The predicted molar refractivity (Wildman–Crippen MR) is 92.6 cm³/mol. The number of hydrogen-bond donors (Lipinski definition) is 0. The van der Waals surface area contributed by atoms with Crippen LogP contribution in [0.2, 0.25) is 0 Å². The summed E-state index contributed by atoms with van der Waals surface area (Å²) in [6.07, 6.45) is 7.15. The van der Waals surface area contributed by atoms with Crippen LogP contribution in [-0.4, -0.2) is 54.4 Å². The third-order valence-electron chi connectivity index (χ3n) is 4.08. The van der Waals surface area contributed by atoms with Gasteiger partial charge in [0.2, 0.25) is 0 Å². The Morgan fingerprint density at radius 1 is 1.29 bits per heavy atom. The van der Waals surface area contributed by atoms with E-state index in [1.807, 2.05) is 10.8 Å². The van der Waals surface area contributed by atoms with Crippen molar-refractivity contribution in [3.63, 3.8) is 0 Å². The molecule has 3 heterocycles. The van der Waals surface area contributed by atoms with Gasteiger partial charge in [-0.3, -0.25) is 0 Å². The summed E-state index contributed by atoms with van der Waals surface area (Å²) in [7, 11) is 3.05. The fourth-order valence-electron chi connectivity index (χ4n) is 2.81. The van der Waals surface area contributed by atoms with Gasteiger partial charge >= 0.3 is 5.97 Å². The monoisotopic (exact) mass is 350 g/mol. The molecule has 130 valence electrons. The molecule has 0 radical (unpaired) electrons. The summed E-state index contributed by atoms with van der Waals surface area (Å²) in [4.78, 5) is 24.1. The van der Waals surface area contributed by atoms with Gasteiger partial charge in [-0.15, -0.1) is 0 Å². The van der Waals surface area contributed by atoms with Crippen LogP contribution in [0.25, 0.3) is 11.5 Å². The lowest BCUT2D eigenvalue weighted by Gasteiger charge is -2.25. The van der Waals surface area contributed by atoms with Crippen molar-refractivity contribution in [2.75, 3.05) is 38.8 Å². The largest absolute Gasteiger partial charge is 0.465 e. The van der Waals surface area contributed by atoms with E-state index in [1.165, 1.54) is 24.9 Å². The van der Waals surface area contributed by atoms with Gasteiger partial charge in [-0.2, -0.15) is 0 Å². The van der Waals surface area contributed by atoms with Gasteiger partial charge in [0.25, 0.3) is 0 Å². The minimum absolute atomic E-state index is 0.368. The molecule has 0 spiro atoms. The van der Waals surface area contributed by atoms with Gasteiger partial charge in [-0.1, -0.05) is 11.3 Å². The first kappa shape index (κ1) is 16.9. The summed E-state index contributed by atoms with van der Waals surface area (Å²) in [6, 6.07) is 0. The average Bonchev–Trinajstić information content (AvgIpc) is 3.26. The maximum Gasteiger partial charge on any atom is 0.350 e. The maximum atomic E-state index is 12.2. The van der Waals surface area contributed by atoms with E-state index in [9.17, 15) is 4.79 Å². The number of esters is 1. The van der Waals surface area contributed by atoms with Crippen LogP contribution in [0.1, 0.15) is 28.9 Å². The fraction of sp³-hybridized carbons (Fsp3) is 0.562. The van der Waals surface area contributed by atoms with Crippen molar-refractivity contribution in [3.05, 3.63) is 17.3 Å². The van der Waals surface area contributed by atoms with Gasteiger partial charge in [-0.25, -0.2) is 14.8 Å². The third-order valence-corrected chi connectivity index (χ3v) is 5.17. The normalized spacial score (nSPS) is 14.8. The number of anilines is 1. The van der Waals surface area contributed by atoms with Crippen LogP contribution in [0.15, 0.2) is 12.4 Å². The van der Waals surface area contributed by atoms with Gasteiger partial charge in [0, 0.05) is 39.1 Å². The molecule has 0 aliphatic carbocycles. The number of ether oxygens (including phenoxy) is 2. The molecule has 0 bridgehead atoms. The van der Waals surface area contributed by atoms with E-state index in [0.29, 0.717) is 29.5 Å². The van der Waals surface area contributed by atoms with E-state index in [0.717, 1.165) is 31.1 Å². The zero-order valence-corrected chi connectivity index (χ0v) is 14.8. The number of hydrogen-bond acceptors (Lipinski definition) is 7. The molecule has 2 aromatic rings. The van der Waals surface area contributed by atoms with Gasteiger partial charge < -0.3 is 18.9 Å². The molecule has 0 N–H and O–H groups in total. The lowest BCUT2D eigenvalue weighted by molar-refractivity contribution is 0.0607. The second-order valence-corrected chi connectivity index (χ2v) is 6.63. The zero-order valence-electron chi connectivity index (χ0n) is 14.0. The Hall–Kier alpha value is -1.93. The first-order chi connectivity index (χ1) is 11.7. The molecular formula is C16H22N4O3S. The SMILES string of the molecule is COCCn1ccnc1-c1nc(N2CCCCC2)sc1C(=O)OC. The Labute approximate surface area is 145 Å². The Kier molecular flexibility index (Phi) is 5.47. The van der Waals surface area contributed by atoms with E-state index in [1.54, 1.807) is 13.3 Å². The van der Waals surface area contributed by atoms with Crippen LogP contribution in [0, 0.1) is 0 Å². The molecule has 1 aliphatic heterocycles. The number of methoxy groups -OCH3 is 2. The molecule has 0 aromatic carbocycles. The minimum atomic E-state index is -0.368. The van der Waals surface area contributed by atoms with Crippen molar-refractivity contribution in [1.29, 1.82) is 0 Å². The topological polar surface area (TPSA) is 69.5 Å². The van der Waals surface area contributed by atoms with E-state index >= 15 is 0 Å². The lowest BCUT2D eigenvalue weighted by Crippen LogP contribution is -2.29. The first-order valence-corrected chi connectivity index (χ1v) is 8.90. The highest BCUT2D eigenvalue weighted by atomic mass is 32.1. The van der Waals surface area contributed by atoms with Crippen molar-refractivity contribution in [3.8, 4) is 11.5 Å². The van der Waals surface area contributed by atoms with Crippen LogP contribution >= 0.6 is 11.3 Å². The summed E-state index contributed by atoms with van der Waals surface area (Å²) in [6.45, 7) is 3.18. The second kappa shape index (κ2) is 7.76. The van der Waals surface area contributed by atoms with Gasteiger partial charge in [0.15, 0.2) is 11.0 Å². The standard InChI is InChI=1S/C16H22N4O3S/c1-22-11-10-19-9-6-17-14(19)12-13(15(21)23-2)24-16(18-12)20-7-4-3-5-8-20/h6,9H,3-5,7-8,10-11H2,1-2H3. The van der Waals surface area contributed by atoms with Crippen LogP contribution in [0.3, 0.4) is 0 Å². The van der Waals surface area contributed by atoms with Crippen molar-refractivity contribution in [2.45, 2.75) is 25.8 Å². The Bertz CT molecular complexity index is 691. The van der Waals surface area contributed by atoms with Crippen LogP contribution in [0.5, 0.6) is 0 Å². The minimum Gasteiger partial charge on any atom is -0.465 e. The fourth-order valence-corrected chi connectivity index (χ4v) is 3.84. The van der Waals surface area contributed by atoms with Gasteiger partial charge in [0.1, 0.15) is 10.6 Å². The summed E-state index contributed by atoms with van der Waals surface area (Å²) in [5, 5.41) is 0.867. The average molecular weight is 350 g/mol. The maximum absolute atomic E-state index is 12.2. The number of carbonyl (C=O) groups is 1. The quantitative estimate of drug-likeness (QED) is 0.745. The molecule has 0 amide bonds. The molecule has 0 unspecified atom stereocenters. The summed E-state index contributed by atoms with van der Waals surface area (Å²) >= 11 is 1.39. The molecule has 1 saturated heterocycles. The third kappa shape index (κ3) is 3.44. The molecule has 8 heteroatoms. The number of nitrogens with zero attached hydrogens (tertiary/aromatic N) is 4. The lowest BCUT2D eigenvalue weighted by atomic mass is 10.1. The van der Waals surface area contributed by atoms with Gasteiger partial charge in [-0.05, 0) is 19.3 Å². The molecular weight excluding hydrogens is 328 g/mol. The van der Waals surface area contributed by atoms with Crippen LogP contribution in [0.4, 0.5) is 5.13 Å². The number of thiazole rings is 1. The van der Waals surface area contributed by atoms with Gasteiger partial charge in [0.05, 0.1) is 13.7 Å². The molecule has 0 atom stereocenters. The number of aromatic nitrogens is 3. The van der Waals surface area contributed by atoms with Crippen molar-refractivity contribution >= 4 is 22.4 Å². The number of carbonyl (C=O) groups excluding carboxylic acids is 1. The second-order valence-electron chi connectivity index (χ2n) is 5.65. The summed E-state index contributed by atoms with van der Waals surface area (Å²) < 4.78 is 12.0. The Morgan fingerprint density at radius 3 is 2.79 bits per heavy atom. The van der Waals surface area contributed by atoms with Crippen molar-refractivity contribution < 1.29 is 14.3 Å². The van der Waals surface area contributed by atoms with E-state index in [4.69, 9.17) is 14.5 Å². The predicted octanol–water partition coefficient (Wildman–Crippen LogP) is 2.43. The first-order valence-electron chi connectivity index (χ1n) is 8.09. The van der Waals surface area contributed by atoms with Crippen molar-refractivity contribution in [1.82, 2.24) is 14.5 Å². The molecule has 1 fully saturated rings. The Morgan fingerprint density at radius 2 is 2.08 bits per heavy atom. The molecule has 2 aromatic heterocycles. The molecule has 3 rings (SSSR count). The van der Waals surface area contributed by atoms with E-state index in [2.05, 4.69) is 9.88 Å². The van der Waals surface area contributed by atoms with E-state index in [-0.39, 0.29) is 5.97 Å². The zero-order chi connectivity index (χ0) is 16.9. The van der Waals surface area contributed by atoms with Crippen LogP contribution in [-0.2, 0) is 16.0 Å². The number of rotatable bonds is 6. The molecule has 7 nitrogen and oxygen atoms in total. The molecule has 1 aliphatic rings. The van der Waals surface area contributed by atoms with Crippen LogP contribution < -0.4 is 4.90 Å². The van der Waals surface area contributed by atoms with Crippen molar-refractivity contribution in [2.24, 2.45) is 0 Å². The smallest absolute Gasteiger partial charge is 0.350 e. The molecule has 24 heavy (non-hydrogen) atoms. The molecule has 0 saturated carbocycles.